The van der Waals surface area contributed by atoms with Crippen molar-refractivity contribution in [3.63, 3.8) is 0 Å². The molecule has 0 heterocycles. The third-order valence-corrected chi connectivity index (χ3v) is 0.474. The molecule has 0 saturated heterocycles. The maximum atomic E-state index is 6.78. The average molecular weight is 165 g/mol. The molecule has 0 atom stereocenters. The van der Waals surface area contributed by atoms with Gasteiger partial charge in [-0.1, -0.05) is 0 Å². The van der Waals surface area contributed by atoms with Gasteiger partial charge in [-0.25, -0.2) is 4.99 Å². The standard InChI is InChI=1S/C3H8N6.ClH/c1-7-3(6)9-8-2(4)5;/h1H2,(H2,6,9)(H4,4,5,8);1H. The highest BCUT2D eigenvalue weighted by Crippen LogP contribution is 1.58. The first kappa shape index (κ1) is 11.5. The summed E-state index contributed by atoms with van der Waals surface area (Å²) in [7, 11) is 0. The number of aliphatic imine (C=N–C) groups is 1. The fraction of sp³-hybridized carbons (Fsp3) is 0. The van der Waals surface area contributed by atoms with E-state index in [1.54, 1.807) is 0 Å². The van der Waals surface area contributed by atoms with Crippen molar-refractivity contribution in [2.45, 2.75) is 0 Å². The Hall–Kier alpha value is -1.30. The van der Waals surface area contributed by atoms with Crippen molar-refractivity contribution in [2.24, 2.45) is 10.7 Å². The molecule has 0 aromatic carbocycles. The largest absolute Gasteiger partial charge is 0.369 e. The molecule has 0 aliphatic rings. The lowest BCUT2D eigenvalue weighted by Crippen LogP contribution is -2.43. The molecule has 0 spiro atoms. The Morgan fingerprint density at radius 1 is 1.40 bits per heavy atom. The fourth-order valence-corrected chi connectivity index (χ4v) is 0.166. The predicted octanol–water partition coefficient (Wildman–Crippen LogP) is -0.969. The van der Waals surface area contributed by atoms with Gasteiger partial charge in [0.05, 0.1) is 0 Å². The summed E-state index contributed by atoms with van der Waals surface area (Å²) in [5, 5.41) is 13.4. The normalized spacial score (nSPS) is 6.80. The molecule has 0 amide bonds. The van der Waals surface area contributed by atoms with Crippen LogP contribution in [-0.2, 0) is 0 Å². The summed E-state index contributed by atoms with van der Waals surface area (Å²) in [6.45, 7) is 3.05. The molecule has 0 saturated carbocycles. The Morgan fingerprint density at radius 3 is 2.20 bits per heavy atom. The van der Waals surface area contributed by atoms with Gasteiger partial charge < -0.3 is 5.73 Å². The highest BCUT2D eigenvalue weighted by Gasteiger charge is 1.86. The van der Waals surface area contributed by atoms with Crippen LogP contribution in [0, 0.1) is 10.8 Å². The molecule has 6 N–H and O–H groups in total. The van der Waals surface area contributed by atoms with Crippen molar-refractivity contribution < 1.29 is 0 Å². The van der Waals surface area contributed by atoms with Crippen LogP contribution in [0.3, 0.4) is 0 Å². The maximum Gasteiger partial charge on any atom is 0.233 e. The van der Waals surface area contributed by atoms with Gasteiger partial charge in [0.2, 0.25) is 11.9 Å². The quantitative estimate of drug-likeness (QED) is 0.181. The van der Waals surface area contributed by atoms with E-state index in [2.05, 4.69) is 22.6 Å². The predicted molar refractivity (Wildman–Crippen MR) is 42.7 cm³/mol. The molecule has 0 rings (SSSR count). The monoisotopic (exact) mass is 164 g/mol. The van der Waals surface area contributed by atoms with Crippen LogP contribution in [0.25, 0.3) is 0 Å². The van der Waals surface area contributed by atoms with E-state index in [0.717, 1.165) is 0 Å². The number of halogens is 1. The molecular weight excluding hydrogens is 156 g/mol. The molecule has 0 aliphatic heterocycles. The van der Waals surface area contributed by atoms with E-state index in [0.29, 0.717) is 0 Å². The summed E-state index contributed by atoms with van der Waals surface area (Å²) in [6.07, 6.45) is 0. The average Bonchev–Trinajstić information content (AvgIpc) is 1.83. The first-order valence-electron chi connectivity index (χ1n) is 2.08. The third-order valence-electron chi connectivity index (χ3n) is 0.474. The Balaban J connectivity index is 0. The SMILES string of the molecule is C=NC(=N)NNC(=N)N.Cl. The molecule has 10 heavy (non-hydrogen) atoms. The minimum atomic E-state index is -0.275. The third kappa shape index (κ3) is 6.70. The van der Waals surface area contributed by atoms with Gasteiger partial charge in [0.15, 0.2) is 0 Å². The van der Waals surface area contributed by atoms with E-state index in [-0.39, 0.29) is 24.3 Å². The number of nitrogens with zero attached hydrogens (tertiary/aromatic N) is 1. The van der Waals surface area contributed by atoms with Crippen LogP contribution in [0.2, 0.25) is 0 Å². The molecule has 0 bridgehead atoms. The second kappa shape index (κ2) is 5.83. The summed E-state index contributed by atoms with van der Waals surface area (Å²) < 4.78 is 0. The Labute approximate surface area is 64.3 Å². The van der Waals surface area contributed by atoms with E-state index in [9.17, 15) is 0 Å². The molecule has 0 fully saturated rings. The maximum absolute atomic E-state index is 6.78. The minimum absolute atomic E-state index is 0. The Kier molecular flexibility index (Phi) is 6.70. The molecule has 7 heteroatoms. The summed E-state index contributed by atoms with van der Waals surface area (Å²) in [5.74, 6) is -0.450. The number of rotatable bonds is 0. The summed E-state index contributed by atoms with van der Waals surface area (Å²) >= 11 is 0. The van der Waals surface area contributed by atoms with E-state index < -0.39 is 0 Å². The number of hydrazine groups is 1. The van der Waals surface area contributed by atoms with Crippen LogP contribution in [0.5, 0.6) is 0 Å². The van der Waals surface area contributed by atoms with Crippen molar-refractivity contribution in [1.82, 2.24) is 10.9 Å². The van der Waals surface area contributed by atoms with Gasteiger partial charge in [0.25, 0.3) is 0 Å². The smallest absolute Gasteiger partial charge is 0.233 e. The van der Waals surface area contributed by atoms with Crippen molar-refractivity contribution in [2.75, 3.05) is 0 Å². The van der Waals surface area contributed by atoms with Gasteiger partial charge in [0, 0.05) is 0 Å². The lowest BCUT2D eigenvalue weighted by Gasteiger charge is -2.02. The van der Waals surface area contributed by atoms with E-state index in [1.807, 2.05) is 0 Å². The zero-order chi connectivity index (χ0) is 7.28. The van der Waals surface area contributed by atoms with Gasteiger partial charge in [-0.05, 0) is 6.72 Å². The van der Waals surface area contributed by atoms with E-state index >= 15 is 0 Å². The number of guanidine groups is 2. The van der Waals surface area contributed by atoms with Gasteiger partial charge in [0.1, 0.15) is 0 Å². The van der Waals surface area contributed by atoms with Crippen LogP contribution in [0.1, 0.15) is 0 Å². The van der Waals surface area contributed by atoms with Crippen LogP contribution >= 0.6 is 12.4 Å². The zero-order valence-corrected chi connectivity index (χ0v) is 5.96. The highest BCUT2D eigenvalue weighted by atomic mass is 35.5. The Bertz CT molecular complexity index is 142. The van der Waals surface area contributed by atoms with Crippen LogP contribution in [0.15, 0.2) is 4.99 Å². The first-order chi connectivity index (χ1) is 4.16. The molecule has 6 nitrogen and oxygen atoms in total. The molecule has 58 valence electrons. The second-order valence-electron chi connectivity index (χ2n) is 1.17. The van der Waals surface area contributed by atoms with Crippen LogP contribution < -0.4 is 16.6 Å². The molecule has 0 aromatic rings. The van der Waals surface area contributed by atoms with Gasteiger partial charge in [-0.3, -0.25) is 21.7 Å². The lowest BCUT2D eigenvalue weighted by molar-refractivity contribution is 0.834. The van der Waals surface area contributed by atoms with Gasteiger partial charge >= 0.3 is 0 Å². The number of hydrogen-bond donors (Lipinski definition) is 5. The van der Waals surface area contributed by atoms with Gasteiger partial charge in [-0.15, -0.1) is 12.4 Å². The number of nitrogens with two attached hydrogens (primary N) is 1. The lowest BCUT2D eigenvalue weighted by atomic mass is 11.0. The first-order valence-corrected chi connectivity index (χ1v) is 2.08. The molecule has 0 radical (unpaired) electrons. The minimum Gasteiger partial charge on any atom is -0.369 e. The van der Waals surface area contributed by atoms with Crippen molar-refractivity contribution in [3.05, 3.63) is 0 Å². The van der Waals surface area contributed by atoms with Gasteiger partial charge in [-0.2, -0.15) is 0 Å². The Morgan fingerprint density at radius 2 is 1.90 bits per heavy atom. The topological polar surface area (TPSA) is 110 Å². The molecular formula is C3H9ClN6. The molecule has 0 unspecified atom stereocenters. The van der Waals surface area contributed by atoms with Crippen molar-refractivity contribution in [1.29, 1.82) is 10.8 Å². The van der Waals surface area contributed by atoms with E-state index in [4.69, 9.17) is 16.6 Å². The van der Waals surface area contributed by atoms with Crippen LogP contribution in [0.4, 0.5) is 0 Å². The summed E-state index contributed by atoms with van der Waals surface area (Å²) in [4.78, 5) is 3.17. The zero-order valence-electron chi connectivity index (χ0n) is 5.14. The number of nitrogens with one attached hydrogen (secondary N) is 4. The highest BCUT2D eigenvalue weighted by molar-refractivity contribution is 5.85. The summed E-state index contributed by atoms with van der Waals surface area (Å²) in [5.41, 5.74) is 9.18. The summed E-state index contributed by atoms with van der Waals surface area (Å²) in [6, 6.07) is 0. The van der Waals surface area contributed by atoms with E-state index in [1.165, 1.54) is 0 Å². The van der Waals surface area contributed by atoms with Crippen molar-refractivity contribution >= 4 is 31.0 Å². The molecule has 0 aromatic heterocycles. The molecule has 0 aliphatic carbocycles. The fourth-order valence-electron chi connectivity index (χ4n) is 0.166. The van der Waals surface area contributed by atoms with Crippen LogP contribution in [-0.4, -0.2) is 18.6 Å². The van der Waals surface area contributed by atoms with Crippen molar-refractivity contribution in [3.8, 4) is 0 Å². The second-order valence-corrected chi connectivity index (χ2v) is 1.17. The number of hydrogen-bond acceptors (Lipinski definition) is 2.